The first-order chi connectivity index (χ1) is 6.74. The van der Waals surface area contributed by atoms with Gasteiger partial charge in [-0.2, -0.15) is 5.26 Å². The van der Waals surface area contributed by atoms with Crippen molar-refractivity contribution < 1.29 is 9.90 Å². The Kier molecular flexibility index (Phi) is 3.50. The van der Waals surface area contributed by atoms with Gasteiger partial charge >= 0.3 is 5.97 Å². The third-order valence-electron chi connectivity index (χ3n) is 1.82. The minimum atomic E-state index is -1.02. The molecule has 14 heavy (non-hydrogen) atoms. The number of carbonyl (C=O) groups is 1. The number of rotatable bonds is 4. The molecular weight excluding hydrogens is 180 g/mol. The zero-order valence-corrected chi connectivity index (χ0v) is 7.47. The summed E-state index contributed by atoms with van der Waals surface area (Å²) < 4.78 is 0. The van der Waals surface area contributed by atoms with Crippen LogP contribution in [0.3, 0.4) is 0 Å². The van der Waals surface area contributed by atoms with Crippen molar-refractivity contribution in [2.45, 2.75) is 12.5 Å². The Hall–Kier alpha value is -2.02. The van der Waals surface area contributed by atoms with E-state index < -0.39 is 12.0 Å². The lowest BCUT2D eigenvalue weighted by molar-refractivity contribution is -0.139. The van der Waals surface area contributed by atoms with Gasteiger partial charge in [0.2, 0.25) is 0 Å². The highest BCUT2D eigenvalue weighted by Gasteiger charge is 2.16. The molecule has 0 saturated carbocycles. The van der Waals surface area contributed by atoms with Gasteiger partial charge in [-0.25, -0.2) is 4.79 Å². The number of hydrogen-bond donors (Lipinski definition) is 2. The number of nitrogens with one attached hydrogen (secondary N) is 1. The van der Waals surface area contributed by atoms with E-state index in [0.717, 1.165) is 5.56 Å². The summed E-state index contributed by atoms with van der Waals surface area (Å²) >= 11 is 0. The van der Waals surface area contributed by atoms with Crippen molar-refractivity contribution in [2.75, 3.05) is 0 Å². The summed E-state index contributed by atoms with van der Waals surface area (Å²) in [6.45, 7) is 0. The molecule has 0 amide bonds. The Labute approximate surface area is 81.8 Å². The summed E-state index contributed by atoms with van der Waals surface area (Å²) in [6.07, 6.45) is 1.95. The normalized spacial score (nSPS) is 11.4. The minimum Gasteiger partial charge on any atom is -0.480 e. The zero-order valence-electron chi connectivity index (χ0n) is 7.47. The lowest BCUT2D eigenvalue weighted by atomic mass is 10.1. The molecule has 1 aromatic carbocycles. The van der Waals surface area contributed by atoms with E-state index in [4.69, 9.17) is 10.4 Å². The number of hydrogen-bond acceptors (Lipinski definition) is 3. The largest absolute Gasteiger partial charge is 0.480 e. The molecule has 0 aliphatic rings. The number of aliphatic carboxylic acids is 1. The van der Waals surface area contributed by atoms with E-state index in [2.05, 4.69) is 5.32 Å². The maximum Gasteiger partial charge on any atom is 0.327 e. The standard InChI is InChI=1S/C10H10N2O2/c11-7-12-9(10(13)14)6-8-4-2-1-3-5-8/h1-5,9,12H,6H2,(H,13,14)/t9-/m0/s1. The first-order valence-corrected chi connectivity index (χ1v) is 4.15. The van der Waals surface area contributed by atoms with Gasteiger partial charge in [-0.05, 0) is 5.56 Å². The van der Waals surface area contributed by atoms with Gasteiger partial charge in [-0.15, -0.1) is 0 Å². The van der Waals surface area contributed by atoms with Crippen molar-refractivity contribution in [3.63, 3.8) is 0 Å². The van der Waals surface area contributed by atoms with Gasteiger partial charge in [0, 0.05) is 6.42 Å². The Morgan fingerprint density at radius 2 is 2.14 bits per heavy atom. The smallest absolute Gasteiger partial charge is 0.327 e. The Morgan fingerprint density at radius 3 is 2.64 bits per heavy atom. The van der Waals surface area contributed by atoms with Crippen LogP contribution in [0.4, 0.5) is 0 Å². The van der Waals surface area contributed by atoms with E-state index >= 15 is 0 Å². The molecule has 0 radical (unpaired) electrons. The van der Waals surface area contributed by atoms with Crippen molar-refractivity contribution in [3.05, 3.63) is 35.9 Å². The molecule has 0 aliphatic heterocycles. The van der Waals surface area contributed by atoms with Crippen LogP contribution in [0.2, 0.25) is 0 Å². The van der Waals surface area contributed by atoms with Gasteiger partial charge in [0.1, 0.15) is 6.04 Å². The highest BCUT2D eigenvalue weighted by Crippen LogP contribution is 2.02. The van der Waals surface area contributed by atoms with Crippen LogP contribution in [-0.4, -0.2) is 17.1 Å². The van der Waals surface area contributed by atoms with Gasteiger partial charge < -0.3 is 10.4 Å². The van der Waals surface area contributed by atoms with Crippen LogP contribution in [0, 0.1) is 11.5 Å². The molecule has 0 bridgehead atoms. The molecule has 0 spiro atoms. The second kappa shape index (κ2) is 4.87. The first-order valence-electron chi connectivity index (χ1n) is 4.15. The molecule has 0 aromatic heterocycles. The highest BCUT2D eigenvalue weighted by molar-refractivity contribution is 5.74. The fraction of sp³-hybridized carbons (Fsp3) is 0.200. The van der Waals surface area contributed by atoms with E-state index in [1.165, 1.54) is 0 Å². The molecule has 1 aromatic rings. The summed E-state index contributed by atoms with van der Waals surface area (Å²) in [6, 6.07) is 8.34. The van der Waals surface area contributed by atoms with Crippen LogP contribution in [0.1, 0.15) is 5.56 Å². The minimum absolute atomic E-state index is 0.309. The number of benzene rings is 1. The molecule has 0 unspecified atom stereocenters. The lowest BCUT2D eigenvalue weighted by Crippen LogP contribution is -2.35. The molecule has 4 heteroatoms. The number of nitriles is 1. The average molecular weight is 190 g/mol. The number of carboxylic acid groups (broad SMARTS) is 1. The summed E-state index contributed by atoms with van der Waals surface area (Å²) in [5, 5.41) is 19.3. The van der Waals surface area contributed by atoms with Gasteiger partial charge in [-0.3, -0.25) is 0 Å². The maximum absolute atomic E-state index is 10.7. The molecule has 0 fully saturated rings. The van der Waals surface area contributed by atoms with Crippen LogP contribution < -0.4 is 5.32 Å². The molecule has 72 valence electrons. The Morgan fingerprint density at radius 1 is 1.50 bits per heavy atom. The zero-order chi connectivity index (χ0) is 10.4. The Balaban J connectivity index is 2.66. The van der Waals surface area contributed by atoms with Crippen LogP contribution >= 0.6 is 0 Å². The summed E-state index contributed by atoms with van der Waals surface area (Å²) in [5.41, 5.74) is 0.891. The van der Waals surface area contributed by atoms with Crippen LogP contribution in [0.15, 0.2) is 30.3 Å². The van der Waals surface area contributed by atoms with E-state index in [1.54, 1.807) is 6.19 Å². The fourth-order valence-corrected chi connectivity index (χ4v) is 1.13. The van der Waals surface area contributed by atoms with E-state index in [-0.39, 0.29) is 0 Å². The Bertz CT molecular complexity index is 343. The summed E-state index contributed by atoms with van der Waals surface area (Å²) in [4.78, 5) is 10.7. The summed E-state index contributed by atoms with van der Waals surface area (Å²) in [7, 11) is 0. The topological polar surface area (TPSA) is 73.1 Å². The molecule has 0 heterocycles. The highest BCUT2D eigenvalue weighted by atomic mass is 16.4. The van der Waals surface area contributed by atoms with Crippen LogP contribution in [0.25, 0.3) is 0 Å². The van der Waals surface area contributed by atoms with Crippen molar-refractivity contribution in [1.82, 2.24) is 5.32 Å². The van der Waals surface area contributed by atoms with Gasteiger partial charge in [0.15, 0.2) is 6.19 Å². The predicted molar refractivity (Wildman–Crippen MR) is 50.3 cm³/mol. The SMILES string of the molecule is N#CN[C@@H](Cc1ccccc1)C(=O)O. The fourth-order valence-electron chi connectivity index (χ4n) is 1.13. The lowest BCUT2D eigenvalue weighted by Gasteiger charge is -2.09. The predicted octanol–water partition coefficient (Wildman–Crippen LogP) is 0.753. The average Bonchev–Trinajstić information content (AvgIpc) is 2.18. The molecular formula is C10H10N2O2. The van der Waals surface area contributed by atoms with Crippen LogP contribution in [-0.2, 0) is 11.2 Å². The van der Waals surface area contributed by atoms with Crippen molar-refractivity contribution in [1.29, 1.82) is 5.26 Å². The second-order valence-corrected chi connectivity index (χ2v) is 2.84. The third-order valence-corrected chi connectivity index (χ3v) is 1.82. The molecule has 4 nitrogen and oxygen atoms in total. The molecule has 1 atom stereocenters. The van der Waals surface area contributed by atoms with Crippen molar-refractivity contribution in [2.24, 2.45) is 0 Å². The molecule has 0 aliphatic carbocycles. The first kappa shape index (κ1) is 10.1. The summed E-state index contributed by atoms with van der Waals surface area (Å²) in [5.74, 6) is -1.02. The van der Waals surface area contributed by atoms with E-state index in [0.29, 0.717) is 6.42 Å². The quantitative estimate of drug-likeness (QED) is 0.543. The third kappa shape index (κ3) is 2.79. The monoisotopic (exact) mass is 190 g/mol. The molecule has 1 rings (SSSR count). The van der Waals surface area contributed by atoms with E-state index in [9.17, 15) is 4.79 Å². The van der Waals surface area contributed by atoms with Gasteiger partial charge in [0.25, 0.3) is 0 Å². The van der Waals surface area contributed by atoms with Crippen molar-refractivity contribution in [3.8, 4) is 6.19 Å². The number of carboxylic acids is 1. The second-order valence-electron chi connectivity index (χ2n) is 2.84. The van der Waals surface area contributed by atoms with E-state index in [1.807, 2.05) is 30.3 Å². The maximum atomic E-state index is 10.7. The molecule has 0 saturated heterocycles. The van der Waals surface area contributed by atoms with Gasteiger partial charge in [0.05, 0.1) is 0 Å². The molecule has 2 N–H and O–H groups in total. The van der Waals surface area contributed by atoms with Crippen LogP contribution in [0.5, 0.6) is 0 Å². The number of nitrogens with zero attached hydrogens (tertiary/aromatic N) is 1. The van der Waals surface area contributed by atoms with Crippen molar-refractivity contribution >= 4 is 5.97 Å². The van der Waals surface area contributed by atoms with Gasteiger partial charge in [-0.1, -0.05) is 30.3 Å².